The van der Waals surface area contributed by atoms with E-state index in [9.17, 15) is 4.79 Å². The van der Waals surface area contributed by atoms with Crippen LogP contribution >= 0.6 is 0 Å². The molecule has 0 aromatic carbocycles. The van der Waals surface area contributed by atoms with Crippen molar-refractivity contribution in [1.82, 2.24) is 5.32 Å². The van der Waals surface area contributed by atoms with E-state index in [2.05, 4.69) is 11.2 Å². The third kappa shape index (κ3) is 3.80. The molecule has 80 valence electrons. The third-order valence-electron chi connectivity index (χ3n) is 2.01. The van der Waals surface area contributed by atoms with E-state index in [1.54, 1.807) is 13.8 Å². The van der Waals surface area contributed by atoms with Gasteiger partial charge in [0, 0.05) is 0 Å². The van der Waals surface area contributed by atoms with Crippen molar-refractivity contribution in [1.29, 1.82) is 0 Å². The quantitative estimate of drug-likeness (QED) is 0.644. The molecule has 1 amide bonds. The molecule has 0 aromatic rings. The van der Waals surface area contributed by atoms with Gasteiger partial charge in [0.25, 0.3) is 0 Å². The van der Waals surface area contributed by atoms with Crippen LogP contribution < -0.4 is 11.1 Å². The Morgan fingerprint density at radius 1 is 1.36 bits per heavy atom. The van der Waals surface area contributed by atoms with Crippen LogP contribution in [0.4, 0.5) is 0 Å². The van der Waals surface area contributed by atoms with Gasteiger partial charge in [0.1, 0.15) is 0 Å². The Balaban J connectivity index is 4.47. The highest BCUT2D eigenvalue weighted by molar-refractivity contribution is 5.83. The molecule has 0 bridgehead atoms. The zero-order chi connectivity index (χ0) is 11.6. The van der Waals surface area contributed by atoms with Crippen LogP contribution in [0.5, 0.6) is 0 Å². The monoisotopic (exact) mass is 196 g/mol. The number of hydrogen-bond acceptors (Lipinski definition) is 2. The highest BCUT2D eigenvalue weighted by Gasteiger charge is 2.30. The molecule has 0 aliphatic heterocycles. The van der Waals surface area contributed by atoms with E-state index in [0.717, 1.165) is 0 Å². The summed E-state index contributed by atoms with van der Waals surface area (Å²) < 4.78 is 0. The number of rotatable bonds is 2. The summed E-state index contributed by atoms with van der Waals surface area (Å²) in [5, 5.41) is 2.71. The second kappa shape index (κ2) is 4.02. The Labute approximate surface area is 86.4 Å². The second-order valence-electron chi connectivity index (χ2n) is 5.10. The first-order valence-electron chi connectivity index (χ1n) is 4.65. The summed E-state index contributed by atoms with van der Waals surface area (Å²) in [4.78, 5) is 11.6. The van der Waals surface area contributed by atoms with Crippen molar-refractivity contribution in [3.63, 3.8) is 0 Å². The second-order valence-corrected chi connectivity index (χ2v) is 5.10. The zero-order valence-corrected chi connectivity index (χ0v) is 9.64. The molecule has 0 radical (unpaired) electrons. The number of nitrogens with two attached hydrogens (primary N) is 1. The van der Waals surface area contributed by atoms with Crippen LogP contribution in [0.25, 0.3) is 0 Å². The summed E-state index contributed by atoms with van der Waals surface area (Å²) in [5.41, 5.74) is 4.88. The minimum absolute atomic E-state index is 0.208. The van der Waals surface area contributed by atoms with Crippen molar-refractivity contribution < 1.29 is 4.79 Å². The van der Waals surface area contributed by atoms with E-state index >= 15 is 0 Å². The summed E-state index contributed by atoms with van der Waals surface area (Å²) in [6, 6.07) is -0.546. The lowest BCUT2D eigenvalue weighted by Crippen LogP contribution is -2.54. The van der Waals surface area contributed by atoms with Gasteiger partial charge in [0.15, 0.2) is 0 Å². The van der Waals surface area contributed by atoms with Gasteiger partial charge in [-0.1, -0.05) is 26.7 Å². The maximum atomic E-state index is 11.6. The Bertz CT molecular complexity index is 255. The molecule has 0 saturated heterocycles. The third-order valence-corrected chi connectivity index (χ3v) is 2.01. The first-order valence-corrected chi connectivity index (χ1v) is 4.65. The molecule has 0 fully saturated rings. The summed E-state index contributed by atoms with van der Waals surface area (Å²) >= 11 is 0. The molecule has 0 saturated carbocycles. The molecule has 0 heterocycles. The van der Waals surface area contributed by atoms with Crippen molar-refractivity contribution >= 4 is 5.91 Å². The maximum Gasteiger partial charge on any atom is 0.238 e. The molecule has 3 N–H and O–H groups in total. The Hall–Kier alpha value is -1.01. The van der Waals surface area contributed by atoms with E-state index in [0.29, 0.717) is 0 Å². The Kier molecular flexibility index (Phi) is 3.73. The average Bonchev–Trinajstić information content (AvgIpc) is 2.00. The van der Waals surface area contributed by atoms with Crippen LogP contribution in [-0.2, 0) is 4.79 Å². The van der Waals surface area contributed by atoms with Crippen LogP contribution in [0, 0.1) is 17.8 Å². The van der Waals surface area contributed by atoms with Crippen molar-refractivity contribution in [3.8, 4) is 12.3 Å². The van der Waals surface area contributed by atoms with Crippen molar-refractivity contribution in [2.45, 2.75) is 46.2 Å². The molecule has 1 atom stereocenters. The first-order chi connectivity index (χ1) is 6.10. The molecule has 0 rings (SSSR count). The molecule has 3 heteroatoms. The molecule has 0 aromatic heterocycles. The number of nitrogens with one attached hydrogen (secondary N) is 1. The van der Waals surface area contributed by atoms with E-state index in [1.807, 2.05) is 20.8 Å². The Morgan fingerprint density at radius 3 is 2.07 bits per heavy atom. The number of carbonyl (C=O) groups is 1. The molecule has 0 aliphatic rings. The van der Waals surface area contributed by atoms with Gasteiger partial charge in [0.05, 0.1) is 11.6 Å². The van der Waals surface area contributed by atoms with Gasteiger partial charge in [-0.2, -0.15) is 0 Å². The van der Waals surface area contributed by atoms with Crippen molar-refractivity contribution in [2.24, 2.45) is 11.1 Å². The maximum absolute atomic E-state index is 11.6. The van der Waals surface area contributed by atoms with Gasteiger partial charge in [-0.25, -0.2) is 0 Å². The fourth-order valence-corrected chi connectivity index (χ4v) is 0.815. The molecule has 1 unspecified atom stereocenters. The molecule has 0 spiro atoms. The SMILES string of the molecule is C#CC(C)(C)NC(=O)C(N)C(C)(C)C. The minimum atomic E-state index is -0.639. The van der Waals surface area contributed by atoms with Crippen LogP contribution in [0.15, 0.2) is 0 Å². The van der Waals surface area contributed by atoms with Gasteiger partial charge in [-0.3, -0.25) is 4.79 Å². The van der Waals surface area contributed by atoms with Crippen molar-refractivity contribution in [2.75, 3.05) is 0 Å². The lowest BCUT2D eigenvalue weighted by molar-refractivity contribution is -0.125. The summed E-state index contributed by atoms with van der Waals surface area (Å²) in [6.07, 6.45) is 5.26. The number of amides is 1. The summed E-state index contributed by atoms with van der Waals surface area (Å²) in [5.74, 6) is 2.28. The lowest BCUT2D eigenvalue weighted by Gasteiger charge is -2.29. The van der Waals surface area contributed by atoms with Gasteiger partial charge in [0.2, 0.25) is 5.91 Å². The van der Waals surface area contributed by atoms with Crippen LogP contribution in [0.1, 0.15) is 34.6 Å². The van der Waals surface area contributed by atoms with Crippen LogP contribution in [0.3, 0.4) is 0 Å². The predicted molar refractivity (Wildman–Crippen MR) is 58.5 cm³/mol. The van der Waals surface area contributed by atoms with Gasteiger partial charge in [-0.15, -0.1) is 6.42 Å². The largest absolute Gasteiger partial charge is 0.339 e. The van der Waals surface area contributed by atoms with Gasteiger partial charge in [-0.05, 0) is 19.3 Å². The smallest absolute Gasteiger partial charge is 0.238 e. The molecular weight excluding hydrogens is 176 g/mol. The van der Waals surface area contributed by atoms with Gasteiger partial charge >= 0.3 is 0 Å². The number of hydrogen-bond donors (Lipinski definition) is 2. The minimum Gasteiger partial charge on any atom is -0.339 e. The lowest BCUT2D eigenvalue weighted by atomic mass is 9.86. The van der Waals surface area contributed by atoms with E-state index in [1.165, 1.54) is 0 Å². The van der Waals surface area contributed by atoms with E-state index in [-0.39, 0.29) is 11.3 Å². The number of carbonyl (C=O) groups excluding carboxylic acids is 1. The average molecular weight is 196 g/mol. The molecule has 14 heavy (non-hydrogen) atoms. The fourth-order valence-electron chi connectivity index (χ4n) is 0.815. The molecule has 3 nitrogen and oxygen atoms in total. The fraction of sp³-hybridized carbons (Fsp3) is 0.727. The van der Waals surface area contributed by atoms with E-state index in [4.69, 9.17) is 12.2 Å². The Morgan fingerprint density at radius 2 is 1.79 bits per heavy atom. The molecular formula is C11H20N2O. The van der Waals surface area contributed by atoms with E-state index < -0.39 is 11.6 Å². The highest BCUT2D eigenvalue weighted by Crippen LogP contribution is 2.17. The number of terminal acetylenes is 1. The normalized spacial score (nSPS) is 14.4. The highest BCUT2D eigenvalue weighted by atomic mass is 16.2. The predicted octanol–water partition coefficient (Wildman–Crippen LogP) is 0.888. The first kappa shape index (κ1) is 13.0. The van der Waals surface area contributed by atoms with Crippen molar-refractivity contribution in [3.05, 3.63) is 0 Å². The summed E-state index contributed by atoms with van der Waals surface area (Å²) in [7, 11) is 0. The van der Waals surface area contributed by atoms with Gasteiger partial charge < -0.3 is 11.1 Å². The van der Waals surface area contributed by atoms with Crippen LogP contribution in [0.2, 0.25) is 0 Å². The standard InChI is InChI=1S/C11H20N2O/c1-7-11(5,6)13-9(14)8(12)10(2,3)4/h1,8H,12H2,2-6H3,(H,13,14). The zero-order valence-electron chi connectivity index (χ0n) is 9.64. The topological polar surface area (TPSA) is 55.1 Å². The molecule has 0 aliphatic carbocycles. The van der Waals surface area contributed by atoms with Crippen LogP contribution in [-0.4, -0.2) is 17.5 Å². The summed E-state index contributed by atoms with van der Waals surface area (Å²) in [6.45, 7) is 9.28.